The number of nitrogens with zero attached hydrogens (tertiary/aromatic N) is 2. The Balaban J connectivity index is 1.41. The number of carbonyl (C=O) groups is 1. The lowest BCUT2D eigenvalue weighted by Gasteiger charge is -2.40. The molecule has 148 valence electrons. The summed E-state index contributed by atoms with van der Waals surface area (Å²) in [6.45, 7) is 5.89. The standard InChI is InChI=1S/C23H29N3O2/c1-17(19-9-6-10-22(13-19)28-2)24-14-21-16-26(20-11-12-25(21)15-20)23(27)18-7-4-3-5-8-18/h3-10,13,17,20-21,24H,11-12,14-16H2,1-2H3/t17-,20+,21-/m1/s1. The number of amides is 1. The van der Waals surface area contributed by atoms with Crippen molar-refractivity contribution in [2.75, 3.05) is 33.3 Å². The van der Waals surface area contributed by atoms with Gasteiger partial charge >= 0.3 is 0 Å². The second-order valence-electron chi connectivity index (χ2n) is 7.82. The van der Waals surface area contributed by atoms with Crippen LogP contribution < -0.4 is 10.1 Å². The summed E-state index contributed by atoms with van der Waals surface area (Å²) < 4.78 is 5.34. The number of fused-ring (bicyclic) bond motifs is 2. The van der Waals surface area contributed by atoms with Gasteiger partial charge in [0.25, 0.3) is 5.91 Å². The number of hydrogen-bond acceptors (Lipinski definition) is 4. The summed E-state index contributed by atoms with van der Waals surface area (Å²) in [6, 6.07) is 18.8. The minimum Gasteiger partial charge on any atom is -0.497 e. The third-order valence-electron chi connectivity index (χ3n) is 6.09. The average molecular weight is 380 g/mol. The Morgan fingerprint density at radius 1 is 1.18 bits per heavy atom. The topological polar surface area (TPSA) is 44.8 Å². The molecule has 5 nitrogen and oxygen atoms in total. The zero-order valence-corrected chi connectivity index (χ0v) is 16.7. The fraction of sp³-hybridized carbons (Fsp3) is 0.435. The van der Waals surface area contributed by atoms with Gasteiger partial charge in [-0.1, -0.05) is 30.3 Å². The lowest BCUT2D eigenvalue weighted by molar-refractivity contribution is 0.0492. The molecule has 2 bridgehead atoms. The van der Waals surface area contributed by atoms with Gasteiger partial charge in [0.15, 0.2) is 0 Å². The van der Waals surface area contributed by atoms with Gasteiger partial charge in [-0.15, -0.1) is 0 Å². The molecule has 0 saturated carbocycles. The van der Waals surface area contributed by atoms with Gasteiger partial charge in [0.05, 0.1) is 7.11 Å². The Morgan fingerprint density at radius 3 is 2.79 bits per heavy atom. The van der Waals surface area contributed by atoms with Crippen LogP contribution in [0.15, 0.2) is 54.6 Å². The van der Waals surface area contributed by atoms with Gasteiger partial charge in [-0.2, -0.15) is 0 Å². The number of benzene rings is 2. The van der Waals surface area contributed by atoms with Gasteiger partial charge < -0.3 is 15.0 Å². The molecular weight excluding hydrogens is 350 g/mol. The molecule has 0 spiro atoms. The Bertz CT molecular complexity index is 811. The molecule has 0 aromatic heterocycles. The minimum absolute atomic E-state index is 0.165. The summed E-state index contributed by atoms with van der Waals surface area (Å²) in [7, 11) is 1.70. The maximum absolute atomic E-state index is 13.0. The molecule has 2 fully saturated rings. The van der Waals surface area contributed by atoms with Crippen LogP contribution >= 0.6 is 0 Å². The maximum atomic E-state index is 13.0. The highest BCUT2D eigenvalue weighted by Gasteiger charge is 2.40. The highest BCUT2D eigenvalue weighted by molar-refractivity contribution is 5.94. The van der Waals surface area contributed by atoms with Crippen molar-refractivity contribution in [1.82, 2.24) is 15.1 Å². The van der Waals surface area contributed by atoms with Gasteiger partial charge in [0, 0.05) is 49.9 Å². The van der Waals surface area contributed by atoms with Gasteiger partial charge in [0.2, 0.25) is 0 Å². The first-order chi connectivity index (χ1) is 13.7. The Kier molecular flexibility index (Phi) is 5.64. The molecular formula is C23H29N3O2. The second-order valence-corrected chi connectivity index (χ2v) is 7.82. The van der Waals surface area contributed by atoms with Crippen molar-refractivity contribution in [3.63, 3.8) is 0 Å². The molecule has 2 heterocycles. The van der Waals surface area contributed by atoms with E-state index < -0.39 is 0 Å². The van der Waals surface area contributed by atoms with E-state index in [2.05, 4.69) is 34.2 Å². The van der Waals surface area contributed by atoms with E-state index in [-0.39, 0.29) is 11.9 Å². The predicted molar refractivity (Wildman–Crippen MR) is 111 cm³/mol. The minimum atomic E-state index is 0.165. The number of hydrogen-bond donors (Lipinski definition) is 1. The zero-order chi connectivity index (χ0) is 19.5. The molecule has 5 heteroatoms. The summed E-state index contributed by atoms with van der Waals surface area (Å²) in [6.07, 6.45) is 1.07. The van der Waals surface area contributed by atoms with Crippen LogP contribution in [0.2, 0.25) is 0 Å². The number of ether oxygens (including phenoxy) is 1. The first-order valence-electron chi connectivity index (χ1n) is 10.1. The summed E-state index contributed by atoms with van der Waals surface area (Å²) in [4.78, 5) is 17.7. The van der Waals surface area contributed by atoms with E-state index in [0.29, 0.717) is 12.1 Å². The quantitative estimate of drug-likeness (QED) is 0.838. The fourth-order valence-electron chi connectivity index (χ4n) is 4.38. The molecule has 4 rings (SSSR count). The summed E-state index contributed by atoms with van der Waals surface area (Å²) in [5.41, 5.74) is 2.01. The molecule has 0 radical (unpaired) electrons. The van der Waals surface area contributed by atoms with E-state index >= 15 is 0 Å². The van der Waals surface area contributed by atoms with Crippen molar-refractivity contribution in [2.24, 2.45) is 0 Å². The fourth-order valence-corrected chi connectivity index (χ4v) is 4.38. The molecule has 1 N–H and O–H groups in total. The lowest BCUT2D eigenvalue weighted by atomic mass is 10.1. The summed E-state index contributed by atoms with van der Waals surface area (Å²) in [5, 5.41) is 3.67. The Morgan fingerprint density at radius 2 is 2.00 bits per heavy atom. The van der Waals surface area contributed by atoms with Crippen molar-refractivity contribution in [2.45, 2.75) is 31.5 Å². The molecule has 1 unspecified atom stereocenters. The monoisotopic (exact) mass is 379 g/mol. The van der Waals surface area contributed by atoms with Crippen molar-refractivity contribution in [1.29, 1.82) is 0 Å². The van der Waals surface area contributed by atoms with E-state index in [1.807, 2.05) is 42.5 Å². The largest absolute Gasteiger partial charge is 0.497 e. The van der Waals surface area contributed by atoms with Crippen molar-refractivity contribution in [3.8, 4) is 5.75 Å². The lowest BCUT2D eigenvalue weighted by Crippen LogP contribution is -2.57. The number of piperazine rings is 1. The van der Waals surface area contributed by atoms with Gasteiger partial charge in [-0.3, -0.25) is 9.69 Å². The molecule has 2 aromatic carbocycles. The maximum Gasteiger partial charge on any atom is 0.254 e. The third kappa shape index (κ3) is 3.91. The number of rotatable bonds is 6. The van der Waals surface area contributed by atoms with Crippen LogP contribution in [0.25, 0.3) is 0 Å². The van der Waals surface area contributed by atoms with Crippen LogP contribution in [-0.4, -0.2) is 61.1 Å². The van der Waals surface area contributed by atoms with Gasteiger partial charge in [-0.25, -0.2) is 0 Å². The van der Waals surface area contributed by atoms with E-state index in [1.165, 1.54) is 5.56 Å². The smallest absolute Gasteiger partial charge is 0.254 e. The molecule has 2 aliphatic rings. The molecule has 0 aliphatic carbocycles. The van der Waals surface area contributed by atoms with Crippen LogP contribution in [-0.2, 0) is 0 Å². The van der Waals surface area contributed by atoms with Crippen LogP contribution in [0.5, 0.6) is 5.75 Å². The van der Waals surface area contributed by atoms with Crippen LogP contribution in [0, 0.1) is 0 Å². The highest BCUT2D eigenvalue weighted by Crippen LogP contribution is 2.27. The summed E-state index contributed by atoms with van der Waals surface area (Å²) in [5.74, 6) is 1.05. The van der Waals surface area contributed by atoms with Crippen LogP contribution in [0.4, 0.5) is 0 Å². The van der Waals surface area contributed by atoms with Crippen molar-refractivity contribution in [3.05, 3.63) is 65.7 Å². The van der Waals surface area contributed by atoms with Crippen molar-refractivity contribution >= 4 is 5.91 Å². The van der Waals surface area contributed by atoms with Crippen LogP contribution in [0.1, 0.15) is 35.3 Å². The number of methoxy groups -OCH3 is 1. The molecule has 2 aliphatic heterocycles. The van der Waals surface area contributed by atoms with Gasteiger partial charge in [-0.05, 0) is 43.2 Å². The van der Waals surface area contributed by atoms with Gasteiger partial charge in [0.1, 0.15) is 5.75 Å². The van der Waals surface area contributed by atoms with E-state index in [1.54, 1.807) is 7.11 Å². The highest BCUT2D eigenvalue weighted by atomic mass is 16.5. The van der Waals surface area contributed by atoms with Crippen molar-refractivity contribution < 1.29 is 9.53 Å². The summed E-state index contributed by atoms with van der Waals surface area (Å²) >= 11 is 0. The predicted octanol–water partition coefficient (Wildman–Crippen LogP) is 2.94. The van der Waals surface area contributed by atoms with Crippen LogP contribution in [0.3, 0.4) is 0 Å². The molecule has 2 saturated heterocycles. The van der Waals surface area contributed by atoms with E-state index in [0.717, 1.165) is 43.9 Å². The number of nitrogens with one attached hydrogen (secondary N) is 1. The Labute approximate surface area is 167 Å². The second kappa shape index (κ2) is 8.33. The SMILES string of the molecule is COc1cccc([C@@H](C)NC[C@@H]2CN(C(=O)c3ccccc3)[C@H]3CCN2C3)c1. The average Bonchev–Trinajstić information content (AvgIpc) is 3.17. The molecule has 28 heavy (non-hydrogen) atoms. The molecule has 1 amide bonds. The molecule has 2 aromatic rings. The van der Waals surface area contributed by atoms with E-state index in [9.17, 15) is 4.79 Å². The normalized spacial score (nSPS) is 24.8. The first-order valence-corrected chi connectivity index (χ1v) is 10.1. The number of carbonyl (C=O) groups excluding carboxylic acids is 1. The molecule has 4 atom stereocenters. The van der Waals surface area contributed by atoms with E-state index in [4.69, 9.17) is 4.74 Å². The Hall–Kier alpha value is -2.37. The first kappa shape index (κ1) is 19.0. The third-order valence-corrected chi connectivity index (χ3v) is 6.09. The zero-order valence-electron chi connectivity index (χ0n) is 16.7.